The van der Waals surface area contributed by atoms with Gasteiger partial charge in [-0.25, -0.2) is 9.50 Å². The number of carbonyl (C=O) groups excluding carboxylic acids is 2. The summed E-state index contributed by atoms with van der Waals surface area (Å²) in [4.78, 5) is 33.0. The first kappa shape index (κ1) is 23.1. The van der Waals surface area contributed by atoms with Crippen molar-refractivity contribution < 1.29 is 14.3 Å². The molecule has 0 saturated carbocycles. The summed E-state index contributed by atoms with van der Waals surface area (Å²) in [6.45, 7) is 9.76. The number of thioether (sulfide) groups is 1. The van der Waals surface area contributed by atoms with Gasteiger partial charge in [0.05, 0.1) is 6.42 Å². The normalized spacial score (nSPS) is 12.4. The maximum atomic E-state index is 12.3. The van der Waals surface area contributed by atoms with Crippen LogP contribution in [0.4, 0.5) is 0 Å². The summed E-state index contributed by atoms with van der Waals surface area (Å²) in [6.07, 6.45) is 5.04. The molecule has 1 unspecified atom stereocenters. The predicted octanol–water partition coefficient (Wildman–Crippen LogP) is 2.88. The number of nitrogens with zero attached hydrogens (tertiary/aromatic N) is 4. The molecule has 0 aliphatic heterocycles. The molecular formula is C20H31N5O3S. The molecule has 2 aromatic heterocycles. The predicted molar refractivity (Wildman–Crippen MR) is 113 cm³/mol. The first-order valence-electron chi connectivity index (χ1n) is 9.93. The van der Waals surface area contributed by atoms with E-state index in [0.717, 1.165) is 30.5 Å². The Morgan fingerprint density at radius 1 is 1.17 bits per heavy atom. The van der Waals surface area contributed by atoms with Crippen molar-refractivity contribution in [2.45, 2.75) is 71.5 Å². The quantitative estimate of drug-likeness (QED) is 0.465. The summed E-state index contributed by atoms with van der Waals surface area (Å²) in [5, 5.41) is 7.87. The van der Waals surface area contributed by atoms with Crippen molar-refractivity contribution in [2.24, 2.45) is 5.92 Å². The lowest BCUT2D eigenvalue weighted by Crippen LogP contribution is -2.36. The van der Waals surface area contributed by atoms with E-state index in [1.54, 1.807) is 4.52 Å². The van der Waals surface area contributed by atoms with Crippen LogP contribution in [0.25, 0.3) is 5.78 Å². The summed E-state index contributed by atoms with van der Waals surface area (Å²) < 4.78 is 6.80. The molecule has 2 rings (SSSR count). The van der Waals surface area contributed by atoms with Crippen LogP contribution < -0.4 is 5.32 Å². The third kappa shape index (κ3) is 6.69. The van der Waals surface area contributed by atoms with E-state index in [9.17, 15) is 9.59 Å². The van der Waals surface area contributed by atoms with Crippen LogP contribution in [0.1, 0.15) is 57.0 Å². The van der Waals surface area contributed by atoms with Gasteiger partial charge in [0.15, 0.2) is 6.61 Å². The van der Waals surface area contributed by atoms with Crippen molar-refractivity contribution in [1.29, 1.82) is 0 Å². The number of fused-ring (bicyclic) bond motifs is 1. The highest BCUT2D eigenvalue weighted by Gasteiger charge is 2.17. The molecule has 9 heteroatoms. The third-order valence-electron chi connectivity index (χ3n) is 4.72. The van der Waals surface area contributed by atoms with E-state index < -0.39 is 5.97 Å². The van der Waals surface area contributed by atoms with Gasteiger partial charge in [-0.05, 0) is 39.4 Å². The fraction of sp³-hybridized carbons (Fsp3) is 0.650. The number of ether oxygens (including phenoxy) is 1. The van der Waals surface area contributed by atoms with Crippen LogP contribution >= 0.6 is 11.8 Å². The Hall–Kier alpha value is -2.16. The fourth-order valence-electron chi connectivity index (χ4n) is 3.09. The topological polar surface area (TPSA) is 98.5 Å². The monoisotopic (exact) mass is 421 g/mol. The Kier molecular flexibility index (Phi) is 8.43. The van der Waals surface area contributed by atoms with Crippen LogP contribution in [0.15, 0.2) is 5.16 Å². The van der Waals surface area contributed by atoms with E-state index in [0.29, 0.717) is 22.5 Å². The lowest BCUT2D eigenvalue weighted by molar-refractivity contribution is -0.148. The van der Waals surface area contributed by atoms with Gasteiger partial charge in [-0.15, -0.1) is 5.10 Å². The average Bonchev–Trinajstić information content (AvgIpc) is 3.06. The number of aromatic nitrogens is 4. The molecule has 8 nitrogen and oxygen atoms in total. The Balaban J connectivity index is 1.88. The van der Waals surface area contributed by atoms with Gasteiger partial charge in [0, 0.05) is 23.0 Å². The van der Waals surface area contributed by atoms with Gasteiger partial charge in [-0.3, -0.25) is 9.59 Å². The highest BCUT2D eigenvalue weighted by Crippen LogP contribution is 2.17. The van der Waals surface area contributed by atoms with Crippen molar-refractivity contribution in [3.05, 3.63) is 17.0 Å². The van der Waals surface area contributed by atoms with Gasteiger partial charge in [0.2, 0.25) is 5.16 Å². The second-order valence-electron chi connectivity index (χ2n) is 7.70. The highest BCUT2D eigenvalue weighted by molar-refractivity contribution is 7.98. The molecule has 2 aromatic rings. The summed E-state index contributed by atoms with van der Waals surface area (Å²) in [6, 6.07) is 0.0639. The van der Waals surface area contributed by atoms with Gasteiger partial charge in [0.25, 0.3) is 11.7 Å². The summed E-state index contributed by atoms with van der Waals surface area (Å²) in [5.74, 6) is 0.417. The van der Waals surface area contributed by atoms with Gasteiger partial charge in [0.1, 0.15) is 0 Å². The number of hydrogen-bond acceptors (Lipinski definition) is 7. The zero-order valence-corrected chi connectivity index (χ0v) is 18.9. The molecule has 0 aliphatic rings. The number of carbonyl (C=O) groups is 2. The molecule has 1 amide bonds. The van der Waals surface area contributed by atoms with Gasteiger partial charge in [-0.2, -0.15) is 4.98 Å². The second-order valence-corrected chi connectivity index (χ2v) is 8.48. The Labute approximate surface area is 176 Å². The maximum Gasteiger partial charge on any atom is 0.310 e. The lowest BCUT2D eigenvalue weighted by atomic mass is 10.0. The van der Waals surface area contributed by atoms with Crippen molar-refractivity contribution in [1.82, 2.24) is 24.9 Å². The zero-order valence-electron chi connectivity index (χ0n) is 18.1. The molecule has 29 heavy (non-hydrogen) atoms. The first-order chi connectivity index (χ1) is 13.7. The molecule has 1 N–H and O–H groups in total. The van der Waals surface area contributed by atoms with E-state index in [1.807, 2.05) is 27.0 Å². The van der Waals surface area contributed by atoms with Gasteiger partial charge >= 0.3 is 5.97 Å². The molecular weight excluding hydrogens is 390 g/mol. The zero-order chi connectivity index (χ0) is 21.6. The summed E-state index contributed by atoms with van der Waals surface area (Å²) >= 11 is 1.43. The van der Waals surface area contributed by atoms with Crippen LogP contribution in [-0.4, -0.2) is 50.4 Å². The summed E-state index contributed by atoms with van der Waals surface area (Å²) in [7, 11) is 0. The number of amides is 1. The third-order valence-corrected chi connectivity index (χ3v) is 5.26. The largest absolute Gasteiger partial charge is 0.455 e. The second kappa shape index (κ2) is 10.6. The fourth-order valence-corrected chi connectivity index (χ4v) is 3.43. The van der Waals surface area contributed by atoms with Gasteiger partial charge < -0.3 is 10.1 Å². The Morgan fingerprint density at radius 2 is 1.90 bits per heavy atom. The van der Waals surface area contributed by atoms with Crippen molar-refractivity contribution >= 4 is 29.4 Å². The molecule has 0 radical (unpaired) electrons. The average molecular weight is 422 g/mol. The minimum atomic E-state index is -0.467. The lowest BCUT2D eigenvalue weighted by Gasteiger charge is -2.15. The molecule has 160 valence electrons. The molecule has 0 bridgehead atoms. The Morgan fingerprint density at radius 3 is 2.55 bits per heavy atom. The van der Waals surface area contributed by atoms with Crippen LogP contribution in [-0.2, 0) is 20.7 Å². The summed E-state index contributed by atoms with van der Waals surface area (Å²) in [5.41, 5.74) is 2.23. The molecule has 0 aromatic carbocycles. The molecule has 0 spiro atoms. The first-order valence-corrected chi connectivity index (χ1v) is 11.2. The van der Waals surface area contributed by atoms with E-state index in [4.69, 9.17) is 4.74 Å². The minimum Gasteiger partial charge on any atom is -0.455 e. The standard InChI is InChI=1S/C20H31N5O3S/c1-12(2)8-7-9-13(3)21-17(26)11-28-18(27)10-16-14(4)22-19-23-20(29-6)24-25(19)15(16)5/h12-13H,7-11H2,1-6H3,(H,21,26). The van der Waals surface area contributed by atoms with Crippen LogP contribution in [0, 0.1) is 19.8 Å². The SMILES string of the molecule is CSc1nc2nc(C)c(CC(=O)OCC(=O)NC(C)CCCC(C)C)c(C)n2n1. The number of aryl methyl sites for hydroxylation is 2. The van der Waals surface area contributed by atoms with E-state index >= 15 is 0 Å². The van der Waals surface area contributed by atoms with E-state index in [2.05, 4.69) is 34.2 Å². The van der Waals surface area contributed by atoms with Gasteiger partial charge in [-0.1, -0.05) is 38.5 Å². The van der Waals surface area contributed by atoms with Crippen LogP contribution in [0.2, 0.25) is 0 Å². The number of hydrogen-bond donors (Lipinski definition) is 1. The van der Waals surface area contributed by atoms with Crippen LogP contribution in [0.3, 0.4) is 0 Å². The number of nitrogens with one attached hydrogen (secondary N) is 1. The minimum absolute atomic E-state index is 0.0340. The Bertz CT molecular complexity index is 865. The molecule has 0 fully saturated rings. The van der Waals surface area contributed by atoms with Crippen molar-refractivity contribution in [3.8, 4) is 0 Å². The smallest absolute Gasteiger partial charge is 0.310 e. The van der Waals surface area contributed by atoms with E-state index in [-0.39, 0.29) is 25.0 Å². The molecule has 0 saturated heterocycles. The van der Waals surface area contributed by atoms with Crippen molar-refractivity contribution in [3.63, 3.8) is 0 Å². The molecule has 2 heterocycles. The van der Waals surface area contributed by atoms with E-state index in [1.165, 1.54) is 11.8 Å². The van der Waals surface area contributed by atoms with Crippen LogP contribution in [0.5, 0.6) is 0 Å². The van der Waals surface area contributed by atoms with Crippen molar-refractivity contribution in [2.75, 3.05) is 12.9 Å². The number of rotatable bonds is 10. The maximum absolute atomic E-state index is 12.3. The molecule has 0 aliphatic carbocycles. The molecule has 1 atom stereocenters. The highest BCUT2D eigenvalue weighted by atomic mass is 32.2. The number of esters is 1.